The fraction of sp³-hybridized carbons (Fsp3) is 0.333. The Morgan fingerprint density at radius 3 is 2.71 bits per heavy atom. The lowest BCUT2D eigenvalue weighted by Gasteiger charge is -2.04. The maximum atomic E-state index is 5.22. The molecular formula is C12H16N4O. The lowest BCUT2D eigenvalue weighted by molar-refractivity contribution is 0.482. The molecule has 0 unspecified atom stereocenters. The summed E-state index contributed by atoms with van der Waals surface area (Å²) < 4.78 is 5.22. The lowest BCUT2D eigenvalue weighted by Crippen LogP contribution is -2.13. The van der Waals surface area contributed by atoms with Crippen LogP contribution in [0.15, 0.2) is 35.2 Å². The first-order chi connectivity index (χ1) is 8.38. The van der Waals surface area contributed by atoms with E-state index < -0.39 is 0 Å². The number of furan rings is 1. The summed E-state index contributed by atoms with van der Waals surface area (Å²) in [4.78, 5) is 8.40. The maximum absolute atomic E-state index is 5.22. The van der Waals surface area contributed by atoms with Crippen LogP contribution in [0.2, 0.25) is 0 Å². The average Bonchev–Trinajstić information content (AvgIpc) is 2.85. The number of hydrogen-bond acceptors (Lipinski definition) is 5. The number of nitrogens with zero attached hydrogens (tertiary/aromatic N) is 2. The van der Waals surface area contributed by atoms with Gasteiger partial charge < -0.3 is 15.1 Å². The van der Waals surface area contributed by atoms with Crippen LogP contribution in [0.25, 0.3) is 0 Å². The van der Waals surface area contributed by atoms with Crippen LogP contribution >= 0.6 is 0 Å². The number of nitrogens with one attached hydrogen (secondary N) is 2. The molecule has 90 valence electrons. The zero-order valence-electron chi connectivity index (χ0n) is 9.81. The van der Waals surface area contributed by atoms with E-state index in [-0.39, 0.29) is 0 Å². The Bertz CT molecular complexity index is 424. The molecule has 2 rings (SSSR count). The van der Waals surface area contributed by atoms with Crippen LogP contribution in [0.4, 0.5) is 5.95 Å². The summed E-state index contributed by atoms with van der Waals surface area (Å²) in [6, 6.07) is 3.82. The van der Waals surface area contributed by atoms with Crippen molar-refractivity contribution in [2.45, 2.75) is 20.0 Å². The monoisotopic (exact) mass is 232 g/mol. The Balaban J connectivity index is 1.79. The molecule has 0 aliphatic carbocycles. The van der Waals surface area contributed by atoms with Gasteiger partial charge in [0.2, 0.25) is 5.95 Å². The standard InChI is InChI=1S/C12H16N4O/c1-2-14-12-15-7-10(8-16-12)6-13-9-11-4-3-5-17-11/h3-5,7-8,13H,2,6,9H2,1H3,(H,14,15,16). The van der Waals surface area contributed by atoms with Crippen LogP contribution in [0.1, 0.15) is 18.2 Å². The first-order valence-electron chi connectivity index (χ1n) is 5.66. The third kappa shape index (κ3) is 3.57. The van der Waals surface area contributed by atoms with E-state index in [0.717, 1.165) is 24.4 Å². The summed E-state index contributed by atoms with van der Waals surface area (Å²) >= 11 is 0. The molecule has 0 bridgehead atoms. The van der Waals surface area contributed by atoms with Crippen molar-refractivity contribution >= 4 is 5.95 Å². The van der Waals surface area contributed by atoms with E-state index in [2.05, 4.69) is 20.6 Å². The van der Waals surface area contributed by atoms with Gasteiger partial charge in [0.1, 0.15) is 5.76 Å². The normalized spacial score (nSPS) is 10.4. The van der Waals surface area contributed by atoms with Crippen molar-refractivity contribution in [3.63, 3.8) is 0 Å². The minimum Gasteiger partial charge on any atom is -0.468 e. The van der Waals surface area contributed by atoms with Crippen molar-refractivity contribution in [2.75, 3.05) is 11.9 Å². The smallest absolute Gasteiger partial charge is 0.222 e. The molecule has 2 aromatic rings. The minimum atomic E-state index is 0.669. The molecule has 0 aromatic carbocycles. The molecule has 0 spiro atoms. The summed E-state index contributed by atoms with van der Waals surface area (Å²) in [7, 11) is 0. The second-order valence-electron chi connectivity index (χ2n) is 3.63. The SMILES string of the molecule is CCNc1ncc(CNCc2ccco2)cn1. The molecule has 2 aromatic heterocycles. The molecule has 2 N–H and O–H groups in total. The Morgan fingerprint density at radius 2 is 2.06 bits per heavy atom. The van der Waals surface area contributed by atoms with E-state index in [0.29, 0.717) is 12.5 Å². The van der Waals surface area contributed by atoms with Crippen molar-refractivity contribution in [3.05, 3.63) is 42.1 Å². The van der Waals surface area contributed by atoms with Crippen LogP contribution < -0.4 is 10.6 Å². The predicted octanol–water partition coefficient (Wildman–Crippen LogP) is 1.79. The van der Waals surface area contributed by atoms with E-state index in [1.54, 1.807) is 6.26 Å². The van der Waals surface area contributed by atoms with Crippen molar-refractivity contribution in [2.24, 2.45) is 0 Å². The topological polar surface area (TPSA) is 63.0 Å². The van der Waals surface area contributed by atoms with Crippen molar-refractivity contribution < 1.29 is 4.42 Å². The maximum Gasteiger partial charge on any atom is 0.222 e. The van der Waals surface area contributed by atoms with Crippen molar-refractivity contribution in [3.8, 4) is 0 Å². The van der Waals surface area contributed by atoms with Gasteiger partial charge in [0.25, 0.3) is 0 Å². The van der Waals surface area contributed by atoms with Gasteiger partial charge in [-0.2, -0.15) is 0 Å². The number of rotatable bonds is 6. The quantitative estimate of drug-likeness (QED) is 0.795. The van der Waals surface area contributed by atoms with E-state index >= 15 is 0 Å². The fourth-order valence-corrected chi connectivity index (χ4v) is 1.44. The average molecular weight is 232 g/mol. The van der Waals surface area contributed by atoms with Gasteiger partial charge in [-0.05, 0) is 19.1 Å². The molecule has 0 amide bonds. The molecule has 0 saturated heterocycles. The first kappa shape index (κ1) is 11.6. The van der Waals surface area contributed by atoms with Gasteiger partial charge in [0.15, 0.2) is 0 Å². The van der Waals surface area contributed by atoms with Gasteiger partial charge in [-0.1, -0.05) is 0 Å². The molecule has 5 heteroatoms. The van der Waals surface area contributed by atoms with Crippen LogP contribution in [0.5, 0.6) is 0 Å². The first-order valence-corrected chi connectivity index (χ1v) is 5.66. The summed E-state index contributed by atoms with van der Waals surface area (Å²) in [5.74, 6) is 1.59. The molecule has 0 saturated carbocycles. The molecule has 2 heterocycles. The summed E-state index contributed by atoms with van der Waals surface area (Å²) in [6.07, 6.45) is 5.31. The molecule has 5 nitrogen and oxygen atoms in total. The Labute approximate surface area is 100 Å². The highest BCUT2D eigenvalue weighted by molar-refractivity contribution is 5.24. The molecule has 0 fully saturated rings. The summed E-state index contributed by atoms with van der Waals surface area (Å²) in [6.45, 7) is 4.29. The van der Waals surface area contributed by atoms with Gasteiger partial charge in [-0.3, -0.25) is 0 Å². The van der Waals surface area contributed by atoms with Crippen LogP contribution in [-0.4, -0.2) is 16.5 Å². The van der Waals surface area contributed by atoms with E-state index in [9.17, 15) is 0 Å². The highest BCUT2D eigenvalue weighted by Crippen LogP contribution is 2.02. The van der Waals surface area contributed by atoms with E-state index in [1.807, 2.05) is 31.5 Å². The third-order valence-electron chi connectivity index (χ3n) is 2.25. The van der Waals surface area contributed by atoms with Gasteiger partial charge in [0, 0.05) is 31.0 Å². The Morgan fingerprint density at radius 1 is 1.24 bits per heavy atom. The summed E-state index contributed by atoms with van der Waals surface area (Å²) in [5.41, 5.74) is 1.05. The molecule has 0 aliphatic rings. The minimum absolute atomic E-state index is 0.669. The fourth-order valence-electron chi connectivity index (χ4n) is 1.44. The zero-order chi connectivity index (χ0) is 11.9. The molecule has 0 atom stereocenters. The Kier molecular flexibility index (Phi) is 4.10. The number of hydrogen-bond donors (Lipinski definition) is 2. The summed E-state index contributed by atoms with van der Waals surface area (Å²) in [5, 5.41) is 6.32. The predicted molar refractivity (Wildman–Crippen MR) is 65.4 cm³/mol. The van der Waals surface area contributed by atoms with Gasteiger partial charge in [-0.25, -0.2) is 9.97 Å². The second kappa shape index (κ2) is 6.00. The largest absolute Gasteiger partial charge is 0.468 e. The van der Waals surface area contributed by atoms with Gasteiger partial charge in [-0.15, -0.1) is 0 Å². The van der Waals surface area contributed by atoms with E-state index in [1.165, 1.54) is 0 Å². The Hall–Kier alpha value is -1.88. The van der Waals surface area contributed by atoms with Gasteiger partial charge >= 0.3 is 0 Å². The second-order valence-corrected chi connectivity index (χ2v) is 3.63. The van der Waals surface area contributed by atoms with Crippen LogP contribution in [0.3, 0.4) is 0 Å². The van der Waals surface area contributed by atoms with Crippen molar-refractivity contribution in [1.82, 2.24) is 15.3 Å². The number of anilines is 1. The highest BCUT2D eigenvalue weighted by atomic mass is 16.3. The lowest BCUT2D eigenvalue weighted by atomic mass is 10.3. The van der Waals surface area contributed by atoms with Crippen LogP contribution in [0, 0.1) is 0 Å². The zero-order valence-corrected chi connectivity index (χ0v) is 9.81. The highest BCUT2D eigenvalue weighted by Gasteiger charge is 1.98. The molecule has 17 heavy (non-hydrogen) atoms. The van der Waals surface area contributed by atoms with Gasteiger partial charge in [0.05, 0.1) is 12.8 Å². The third-order valence-corrected chi connectivity index (χ3v) is 2.25. The molecule has 0 aliphatic heterocycles. The number of aromatic nitrogens is 2. The van der Waals surface area contributed by atoms with Crippen molar-refractivity contribution in [1.29, 1.82) is 0 Å². The van der Waals surface area contributed by atoms with E-state index in [4.69, 9.17) is 4.42 Å². The van der Waals surface area contributed by atoms with Crippen LogP contribution in [-0.2, 0) is 13.1 Å². The molecule has 0 radical (unpaired) electrons. The molecular weight excluding hydrogens is 216 g/mol.